The number of hydrogen-bond acceptors (Lipinski definition) is 4. The van der Waals surface area contributed by atoms with Crippen LogP contribution in [0.5, 0.6) is 5.75 Å². The van der Waals surface area contributed by atoms with Gasteiger partial charge < -0.3 is 19.5 Å². The van der Waals surface area contributed by atoms with E-state index in [4.69, 9.17) is 9.15 Å². The molecule has 0 saturated carbocycles. The van der Waals surface area contributed by atoms with Gasteiger partial charge in [-0.1, -0.05) is 30.3 Å². The number of halogens is 1. The molecule has 0 radical (unpaired) electrons. The number of hydrogen-bond donors (Lipinski definition) is 2. The first kappa shape index (κ1) is 19.4. The van der Waals surface area contributed by atoms with E-state index in [9.17, 15) is 14.0 Å². The molecule has 0 atom stereocenters. The Kier molecular flexibility index (Phi) is 5.61. The topological polar surface area (TPSA) is 84.3 Å². The molecular formula is C23H19FN2O4. The number of H-pyrrole nitrogens is 1. The number of para-hydroxylation sites is 1. The monoisotopic (exact) mass is 406 g/mol. The van der Waals surface area contributed by atoms with Gasteiger partial charge in [0.1, 0.15) is 18.7 Å². The maximum atomic E-state index is 12.9. The van der Waals surface area contributed by atoms with Crippen molar-refractivity contribution in [3.05, 3.63) is 100.0 Å². The minimum absolute atomic E-state index is 0.0188. The van der Waals surface area contributed by atoms with Crippen molar-refractivity contribution in [2.75, 3.05) is 6.54 Å². The molecule has 0 saturated heterocycles. The number of aromatic amines is 1. The Bertz CT molecular complexity index is 1230. The van der Waals surface area contributed by atoms with Gasteiger partial charge in [0.2, 0.25) is 11.2 Å². The van der Waals surface area contributed by atoms with E-state index in [0.717, 1.165) is 28.8 Å². The fraction of sp³-hybridized carbons (Fsp3) is 0.130. The number of rotatable bonds is 7. The molecule has 0 aliphatic heterocycles. The molecule has 0 bridgehead atoms. The lowest BCUT2D eigenvalue weighted by Gasteiger charge is -2.07. The number of ether oxygens (including phenoxy) is 1. The van der Waals surface area contributed by atoms with Crippen molar-refractivity contribution < 1.29 is 18.3 Å². The van der Waals surface area contributed by atoms with Crippen LogP contribution in [-0.2, 0) is 13.0 Å². The highest BCUT2D eigenvalue weighted by molar-refractivity contribution is 5.91. The van der Waals surface area contributed by atoms with Crippen molar-refractivity contribution in [3.8, 4) is 5.75 Å². The summed E-state index contributed by atoms with van der Waals surface area (Å²) < 4.78 is 23.6. The summed E-state index contributed by atoms with van der Waals surface area (Å²) in [4.78, 5) is 27.7. The van der Waals surface area contributed by atoms with Gasteiger partial charge in [-0.25, -0.2) is 4.39 Å². The number of carbonyl (C=O) groups excluding carboxylic acids is 1. The summed E-state index contributed by atoms with van der Waals surface area (Å²) in [6, 6.07) is 14.8. The van der Waals surface area contributed by atoms with E-state index in [-0.39, 0.29) is 23.9 Å². The highest BCUT2D eigenvalue weighted by atomic mass is 19.1. The third kappa shape index (κ3) is 4.41. The van der Waals surface area contributed by atoms with Gasteiger partial charge in [-0.3, -0.25) is 9.59 Å². The van der Waals surface area contributed by atoms with Gasteiger partial charge in [-0.2, -0.15) is 0 Å². The van der Waals surface area contributed by atoms with Crippen LogP contribution in [0.4, 0.5) is 4.39 Å². The Morgan fingerprint density at radius 2 is 1.93 bits per heavy atom. The Balaban J connectivity index is 1.33. The lowest BCUT2D eigenvalue weighted by Crippen LogP contribution is -2.26. The van der Waals surface area contributed by atoms with E-state index in [1.807, 2.05) is 30.5 Å². The average Bonchev–Trinajstić information content (AvgIpc) is 3.17. The first-order valence-corrected chi connectivity index (χ1v) is 9.43. The average molecular weight is 406 g/mol. The molecule has 0 aliphatic carbocycles. The van der Waals surface area contributed by atoms with Gasteiger partial charge in [-0.05, 0) is 35.7 Å². The summed E-state index contributed by atoms with van der Waals surface area (Å²) in [6.45, 7) is 0.481. The van der Waals surface area contributed by atoms with Crippen LogP contribution in [0.15, 0.2) is 76.3 Å². The molecule has 152 valence electrons. The normalized spacial score (nSPS) is 10.8. The molecule has 1 amide bonds. The largest absolute Gasteiger partial charge is 0.482 e. The van der Waals surface area contributed by atoms with Crippen molar-refractivity contribution in [2.45, 2.75) is 13.0 Å². The van der Waals surface area contributed by atoms with Crippen molar-refractivity contribution in [3.63, 3.8) is 0 Å². The molecule has 6 nitrogen and oxygen atoms in total. The zero-order valence-electron chi connectivity index (χ0n) is 16.0. The van der Waals surface area contributed by atoms with Crippen LogP contribution in [0.2, 0.25) is 0 Å². The van der Waals surface area contributed by atoms with Gasteiger partial charge in [0.25, 0.3) is 5.91 Å². The van der Waals surface area contributed by atoms with E-state index in [1.54, 1.807) is 12.1 Å². The van der Waals surface area contributed by atoms with Gasteiger partial charge in [0.05, 0.1) is 0 Å². The first-order chi connectivity index (χ1) is 14.6. The third-order valence-electron chi connectivity index (χ3n) is 4.68. The van der Waals surface area contributed by atoms with Gasteiger partial charge in [0.15, 0.2) is 5.76 Å². The van der Waals surface area contributed by atoms with E-state index in [0.29, 0.717) is 18.5 Å². The predicted octanol–water partition coefficient (Wildman–Crippen LogP) is 3.81. The molecular weight excluding hydrogens is 387 g/mol. The highest BCUT2D eigenvalue weighted by Gasteiger charge is 2.12. The molecule has 4 aromatic rings. The minimum atomic E-state index is -0.475. The standard InChI is InChI=1S/C23H19FN2O4/c24-17-7-5-15(6-8-17)13-29-22-14-30-21(11-20(22)27)23(28)25-10-9-16-12-26-19-4-2-1-3-18(16)19/h1-8,11-12,14,26H,9-10,13H2,(H,25,28). The summed E-state index contributed by atoms with van der Waals surface area (Å²) in [6.07, 6.45) is 3.67. The summed E-state index contributed by atoms with van der Waals surface area (Å²) >= 11 is 0. The van der Waals surface area contributed by atoms with E-state index in [1.165, 1.54) is 12.1 Å². The molecule has 7 heteroatoms. The smallest absolute Gasteiger partial charge is 0.287 e. The highest BCUT2D eigenvalue weighted by Crippen LogP contribution is 2.17. The van der Waals surface area contributed by atoms with E-state index in [2.05, 4.69) is 10.3 Å². The van der Waals surface area contributed by atoms with Crippen LogP contribution < -0.4 is 15.5 Å². The number of carbonyl (C=O) groups is 1. The van der Waals surface area contributed by atoms with Crippen LogP contribution in [-0.4, -0.2) is 17.4 Å². The minimum Gasteiger partial charge on any atom is -0.482 e. The maximum Gasteiger partial charge on any atom is 0.287 e. The van der Waals surface area contributed by atoms with Crippen LogP contribution in [0, 0.1) is 5.82 Å². The SMILES string of the molecule is O=C(NCCc1c[nH]c2ccccc12)c1cc(=O)c(OCc2ccc(F)cc2)co1. The number of aromatic nitrogens is 1. The summed E-state index contributed by atoms with van der Waals surface area (Å²) in [5, 5.41) is 3.86. The Morgan fingerprint density at radius 1 is 1.13 bits per heavy atom. The molecule has 2 aromatic heterocycles. The zero-order valence-corrected chi connectivity index (χ0v) is 16.0. The molecule has 2 aromatic carbocycles. The number of benzene rings is 2. The van der Waals surface area contributed by atoms with E-state index >= 15 is 0 Å². The molecule has 30 heavy (non-hydrogen) atoms. The van der Waals surface area contributed by atoms with Crippen LogP contribution >= 0.6 is 0 Å². The lowest BCUT2D eigenvalue weighted by atomic mass is 10.1. The molecule has 0 fully saturated rings. The number of amides is 1. The molecule has 0 unspecified atom stereocenters. The molecule has 4 rings (SSSR count). The number of nitrogens with one attached hydrogen (secondary N) is 2. The second kappa shape index (κ2) is 8.65. The van der Waals surface area contributed by atoms with Crippen LogP contribution in [0.25, 0.3) is 10.9 Å². The molecule has 0 spiro atoms. The van der Waals surface area contributed by atoms with E-state index < -0.39 is 11.3 Å². The zero-order chi connectivity index (χ0) is 20.9. The Hall–Kier alpha value is -3.87. The van der Waals surface area contributed by atoms with Crippen molar-refractivity contribution in [1.29, 1.82) is 0 Å². The lowest BCUT2D eigenvalue weighted by molar-refractivity contribution is 0.0923. The fourth-order valence-electron chi connectivity index (χ4n) is 3.10. The van der Waals surface area contributed by atoms with Gasteiger partial charge in [0, 0.05) is 29.7 Å². The summed E-state index contributed by atoms with van der Waals surface area (Å²) in [5.74, 6) is -0.932. The summed E-state index contributed by atoms with van der Waals surface area (Å²) in [5.41, 5.74) is 2.37. The predicted molar refractivity (Wildman–Crippen MR) is 110 cm³/mol. The second-order valence-electron chi connectivity index (χ2n) is 6.75. The second-order valence-corrected chi connectivity index (χ2v) is 6.75. The van der Waals surface area contributed by atoms with Crippen LogP contribution in [0.1, 0.15) is 21.7 Å². The number of fused-ring (bicyclic) bond motifs is 1. The van der Waals surface area contributed by atoms with Gasteiger partial charge in [-0.15, -0.1) is 0 Å². The first-order valence-electron chi connectivity index (χ1n) is 9.43. The quantitative estimate of drug-likeness (QED) is 0.489. The molecule has 0 aliphatic rings. The van der Waals surface area contributed by atoms with Crippen molar-refractivity contribution in [2.24, 2.45) is 0 Å². The molecule has 2 N–H and O–H groups in total. The van der Waals surface area contributed by atoms with Crippen LogP contribution in [0.3, 0.4) is 0 Å². The Labute approximate surface area is 171 Å². The van der Waals surface area contributed by atoms with Gasteiger partial charge >= 0.3 is 0 Å². The van der Waals surface area contributed by atoms with Crippen molar-refractivity contribution in [1.82, 2.24) is 10.3 Å². The maximum absolute atomic E-state index is 12.9. The summed E-state index contributed by atoms with van der Waals surface area (Å²) in [7, 11) is 0. The third-order valence-corrected chi connectivity index (χ3v) is 4.68. The van der Waals surface area contributed by atoms with Crippen molar-refractivity contribution >= 4 is 16.8 Å². The molecule has 2 heterocycles. The fourth-order valence-corrected chi connectivity index (χ4v) is 3.10. The Morgan fingerprint density at radius 3 is 2.73 bits per heavy atom.